The van der Waals surface area contributed by atoms with Gasteiger partial charge in [-0.05, 0) is 55.7 Å². The summed E-state index contributed by atoms with van der Waals surface area (Å²) in [5.74, 6) is -1.45. The van der Waals surface area contributed by atoms with Gasteiger partial charge in [-0.25, -0.2) is 0 Å². The van der Waals surface area contributed by atoms with E-state index in [1.807, 2.05) is 4.90 Å². The van der Waals surface area contributed by atoms with Crippen LogP contribution >= 0.6 is 12.6 Å². The van der Waals surface area contributed by atoms with Crippen molar-refractivity contribution >= 4 is 35.7 Å². The highest BCUT2D eigenvalue weighted by atomic mass is 32.1. The summed E-state index contributed by atoms with van der Waals surface area (Å²) >= 11 is 4.62. The number of halogens is 3. The van der Waals surface area contributed by atoms with E-state index in [1.54, 1.807) is 12.1 Å². The van der Waals surface area contributed by atoms with Crippen LogP contribution in [0.25, 0.3) is 5.65 Å². The number of carbonyl (C=O) groups excluding carboxylic acids is 1. The summed E-state index contributed by atoms with van der Waals surface area (Å²) in [4.78, 5) is 16.5. The highest BCUT2D eigenvalue weighted by Crippen LogP contribution is 2.50. The van der Waals surface area contributed by atoms with Gasteiger partial charge in [-0.3, -0.25) is 9.69 Å². The molecular weight excluding hydrogens is 421 g/mol. The summed E-state index contributed by atoms with van der Waals surface area (Å²) in [5, 5.41) is 20.3. The number of rotatable bonds is 2. The molecule has 1 spiro atoms. The smallest absolute Gasteiger partial charge is 0.453 e. The minimum absolute atomic E-state index is 0.0188. The SMILES string of the molecule is O=C1N(c2ccc3nnc(C(F)(F)F)n3n2)C(S)N(c2ccc(O)cc2)C12CCC2. The maximum absolute atomic E-state index is 13.4. The molecule has 8 nitrogen and oxygen atoms in total. The van der Waals surface area contributed by atoms with Crippen LogP contribution in [0.5, 0.6) is 5.75 Å². The molecule has 1 aromatic carbocycles. The lowest BCUT2D eigenvalue weighted by molar-refractivity contribution is -0.146. The van der Waals surface area contributed by atoms with Crippen molar-refractivity contribution in [3.8, 4) is 5.75 Å². The molecule has 30 heavy (non-hydrogen) atoms. The first-order valence-corrected chi connectivity index (χ1v) is 9.64. The summed E-state index contributed by atoms with van der Waals surface area (Å²) in [7, 11) is 0. The lowest BCUT2D eigenvalue weighted by Gasteiger charge is -2.44. The van der Waals surface area contributed by atoms with Gasteiger partial charge < -0.3 is 10.0 Å². The second-order valence-electron chi connectivity index (χ2n) is 7.28. The highest BCUT2D eigenvalue weighted by Gasteiger charge is 2.60. The van der Waals surface area contributed by atoms with Gasteiger partial charge >= 0.3 is 6.18 Å². The van der Waals surface area contributed by atoms with Gasteiger partial charge in [0.25, 0.3) is 11.7 Å². The van der Waals surface area contributed by atoms with Crippen molar-refractivity contribution in [3.05, 3.63) is 42.2 Å². The molecule has 1 saturated carbocycles. The number of amides is 1. The topological polar surface area (TPSA) is 86.9 Å². The molecule has 2 fully saturated rings. The number of anilines is 2. The van der Waals surface area contributed by atoms with E-state index >= 15 is 0 Å². The number of benzene rings is 1. The minimum Gasteiger partial charge on any atom is -0.508 e. The molecule has 3 aromatic rings. The Hall–Kier alpha value is -3.02. The Bertz CT molecular complexity index is 1150. The molecule has 0 bridgehead atoms. The molecule has 0 radical (unpaired) electrons. The fourth-order valence-corrected chi connectivity index (χ4v) is 4.61. The molecule has 1 aliphatic carbocycles. The number of nitrogens with zero attached hydrogens (tertiary/aromatic N) is 6. The van der Waals surface area contributed by atoms with Crippen molar-refractivity contribution in [1.29, 1.82) is 0 Å². The van der Waals surface area contributed by atoms with E-state index in [1.165, 1.54) is 29.2 Å². The summed E-state index contributed by atoms with van der Waals surface area (Å²) < 4.78 is 40.3. The van der Waals surface area contributed by atoms with E-state index in [4.69, 9.17) is 0 Å². The molecule has 3 heterocycles. The third-order valence-corrected chi connectivity index (χ3v) is 6.06. The van der Waals surface area contributed by atoms with Gasteiger partial charge in [0.15, 0.2) is 17.0 Å². The lowest BCUT2D eigenvalue weighted by Crippen LogP contribution is -2.55. The maximum atomic E-state index is 13.4. The van der Waals surface area contributed by atoms with E-state index < -0.39 is 23.0 Å². The zero-order chi connectivity index (χ0) is 21.3. The van der Waals surface area contributed by atoms with E-state index in [0.717, 1.165) is 6.42 Å². The van der Waals surface area contributed by atoms with Gasteiger partial charge in [-0.15, -0.1) is 27.9 Å². The fraction of sp³-hybridized carbons (Fsp3) is 0.333. The number of hydrogen-bond donors (Lipinski definition) is 2. The standard InChI is InChI=1S/C18H15F3N6O2S/c19-18(20,21)14-23-22-12-6-7-13(24-27(12)14)25-15(29)17(8-1-9-17)26(16(25)30)10-2-4-11(28)5-3-10/h2-7,16,28,30H,1,8-9H2. The Kier molecular flexibility index (Phi) is 3.95. The zero-order valence-corrected chi connectivity index (χ0v) is 16.2. The van der Waals surface area contributed by atoms with Crippen molar-refractivity contribution in [2.45, 2.75) is 36.5 Å². The monoisotopic (exact) mass is 436 g/mol. The van der Waals surface area contributed by atoms with Crippen LogP contribution in [0.15, 0.2) is 36.4 Å². The first-order chi connectivity index (χ1) is 14.2. The quantitative estimate of drug-likeness (QED) is 0.601. The van der Waals surface area contributed by atoms with Gasteiger partial charge in [0.05, 0.1) is 0 Å². The molecule has 1 aliphatic heterocycles. The molecule has 1 saturated heterocycles. The van der Waals surface area contributed by atoms with Gasteiger partial charge in [0, 0.05) is 5.69 Å². The number of phenolic OH excluding ortho intramolecular Hbond substituents is 1. The van der Waals surface area contributed by atoms with Crippen LogP contribution in [-0.4, -0.2) is 41.9 Å². The first-order valence-electron chi connectivity index (χ1n) is 9.12. The van der Waals surface area contributed by atoms with Crippen LogP contribution in [0.3, 0.4) is 0 Å². The Morgan fingerprint density at radius 2 is 1.80 bits per heavy atom. The minimum atomic E-state index is -4.74. The molecule has 2 aromatic heterocycles. The molecule has 156 valence electrons. The third kappa shape index (κ3) is 2.56. The Labute approximate surface area is 173 Å². The van der Waals surface area contributed by atoms with E-state index in [0.29, 0.717) is 23.0 Å². The molecule has 2 aliphatic rings. The van der Waals surface area contributed by atoms with Crippen molar-refractivity contribution in [3.63, 3.8) is 0 Å². The lowest BCUT2D eigenvalue weighted by atomic mass is 9.75. The summed E-state index contributed by atoms with van der Waals surface area (Å²) in [5.41, 5.74) is -1.05. The summed E-state index contributed by atoms with van der Waals surface area (Å²) in [6.07, 6.45) is -2.73. The Balaban J connectivity index is 1.61. The predicted octanol–water partition coefficient (Wildman–Crippen LogP) is 2.84. The van der Waals surface area contributed by atoms with Gasteiger partial charge in [0.1, 0.15) is 11.3 Å². The predicted molar refractivity (Wildman–Crippen MR) is 103 cm³/mol. The fourth-order valence-electron chi connectivity index (χ4n) is 4.04. The summed E-state index contributed by atoms with van der Waals surface area (Å²) in [6, 6.07) is 9.12. The molecule has 1 amide bonds. The number of hydrogen-bond acceptors (Lipinski definition) is 7. The molecule has 1 atom stereocenters. The second kappa shape index (κ2) is 6.24. The number of fused-ring (bicyclic) bond motifs is 1. The maximum Gasteiger partial charge on any atom is 0.453 e. The number of carbonyl (C=O) groups is 1. The van der Waals surface area contributed by atoms with Crippen LogP contribution in [0, 0.1) is 0 Å². The van der Waals surface area contributed by atoms with Gasteiger partial charge in [-0.1, -0.05) is 0 Å². The molecule has 1 N–H and O–H groups in total. The summed E-state index contributed by atoms with van der Waals surface area (Å²) in [6.45, 7) is 0. The molecule has 12 heteroatoms. The number of aromatic nitrogens is 4. The van der Waals surface area contributed by atoms with Crippen molar-refractivity contribution in [1.82, 2.24) is 19.8 Å². The third-order valence-electron chi connectivity index (χ3n) is 5.60. The number of aromatic hydroxyl groups is 1. The average Bonchev–Trinajstić information content (AvgIpc) is 3.18. The van der Waals surface area contributed by atoms with Gasteiger partial charge in [0.2, 0.25) is 0 Å². The van der Waals surface area contributed by atoms with Crippen molar-refractivity contribution in [2.75, 3.05) is 9.80 Å². The number of alkyl halides is 3. The highest BCUT2D eigenvalue weighted by molar-refractivity contribution is 7.81. The van der Waals surface area contributed by atoms with Crippen molar-refractivity contribution < 1.29 is 23.1 Å². The number of thiol groups is 1. The van der Waals surface area contributed by atoms with Crippen LogP contribution in [-0.2, 0) is 11.0 Å². The van der Waals surface area contributed by atoms with E-state index in [-0.39, 0.29) is 23.1 Å². The van der Waals surface area contributed by atoms with Crippen LogP contribution in [0.1, 0.15) is 25.1 Å². The zero-order valence-electron chi connectivity index (χ0n) is 15.3. The van der Waals surface area contributed by atoms with Gasteiger partial charge in [-0.2, -0.15) is 17.7 Å². The second-order valence-corrected chi connectivity index (χ2v) is 7.74. The largest absolute Gasteiger partial charge is 0.508 e. The van der Waals surface area contributed by atoms with E-state index in [2.05, 4.69) is 27.9 Å². The molecule has 1 unspecified atom stereocenters. The van der Waals surface area contributed by atoms with Crippen LogP contribution in [0.4, 0.5) is 24.7 Å². The first kappa shape index (κ1) is 19.0. The normalized spacial score (nSPS) is 20.9. The van der Waals surface area contributed by atoms with E-state index in [9.17, 15) is 23.1 Å². The Morgan fingerprint density at radius 1 is 1.10 bits per heavy atom. The van der Waals surface area contributed by atoms with Crippen LogP contribution < -0.4 is 9.80 Å². The molecular formula is C18H15F3N6O2S. The molecule has 5 rings (SSSR count). The number of phenols is 1. The Morgan fingerprint density at radius 3 is 2.40 bits per heavy atom. The van der Waals surface area contributed by atoms with Crippen LogP contribution in [0.2, 0.25) is 0 Å². The van der Waals surface area contributed by atoms with Crippen molar-refractivity contribution in [2.24, 2.45) is 0 Å². The average molecular weight is 436 g/mol.